The van der Waals surface area contributed by atoms with Crippen LogP contribution >= 0.6 is 0 Å². The monoisotopic (exact) mass is 416 g/mol. The minimum atomic E-state index is -0.375. The molecular weight excluding hydrogens is 392 g/mol. The Morgan fingerprint density at radius 2 is 1.74 bits per heavy atom. The lowest BCUT2D eigenvalue weighted by atomic mass is 10.1. The van der Waals surface area contributed by atoms with Crippen LogP contribution in [0.15, 0.2) is 65.3 Å². The molecular formula is C24H24N4O3. The number of fused-ring (bicyclic) bond motifs is 1. The summed E-state index contributed by atoms with van der Waals surface area (Å²) in [7, 11) is 0. The average molecular weight is 416 g/mol. The lowest BCUT2D eigenvalue weighted by Crippen LogP contribution is -2.26. The van der Waals surface area contributed by atoms with Crippen molar-refractivity contribution in [1.29, 1.82) is 0 Å². The molecule has 7 heteroatoms. The fourth-order valence-corrected chi connectivity index (χ4v) is 3.45. The normalized spacial score (nSPS) is 11.5. The molecule has 2 aromatic carbocycles. The lowest BCUT2D eigenvalue weighted by Gasteiger charge is -2.24. The molecule has 0 aliphatic rings. The maximum absolute atomic E-state index is 13.1. The fraction of sp³-hybridized carbons (Fsp3) is 0.208. The van der Waals surface area contributed by atoms with Gasteiger partial charge in [0, 0.05) is 16.8 Å². The molecule has 0 radical (unpaired) electrons. The van der Waals surface area contributed by atoms with Crippen molar-refractivity contribution in [3.05, 3.63) is 77.7 Å². The first kappa shape index (κ1) is 20.4. The molecule has 4 rings (SSSR count). The minimum absolute atomic E-state index is 0.202. The predicted molar refractivity (Wildman–Crippen MR) is 121 cm³/mol. The molecule has 0 fully saturated rings. The third-order valence-corrected chi connectivity index (χ3v) is 4.95. The number of amides is 2. The summed E-state index contributed by atoms with van der Waals surface area (Å²) in [4.78, 5) is 30.0. The van der Waals surface area contributed by atoms with Crippen molar-refractivity contribution in [3.8, 4) is 0 Å². The molecule has 2 N–H and O–H groups in total. The van der Waals surface area contributed by atoms with E-state index in [9.17, 15) is 9.59 Å². The summed E-state index contributed by atoms with van der Waals surface area (Å²) in [6, 6.07) is 16.2. The molecule has 0 saturated heterocycles. The van der Waals surface area contributed by atoms with Crippen molar-refractivity contribution in [2.45, 2.75) is 33.2 Å². The topological polar surface area (TPSA) is 89.2 Å². The number of aryl methyl sites for hydroxylation is 1. The van der Waals surface area contributed by atoms with E-state index in [1.54, 1.807) is 30.3 Å². The van der Waals surface area contributed by atoms with Gasteiger partial charge in [-0.1, -0.05) is 18.2 Å². The Morgan fingerprint density at radius 1 is 0.968 bits per heavy atom. The molecule has 2 heterocycles. The van der Waals surface area contributed by atoms with Gasteiger partial charge >= 0.3 is 0 Å². The summed E-state index contributed by atoms with van der Waals surface area (Å²) < 4.78 is 7.14. The van der Waals surface area contributed by atoms with Gasteiger partial charge in [-0.2, -0.15) is 0 Å². The molecule has 0 aliphatic heterocycles. The Morgan fingerprint density at radius 3 is 2.45 bits per heavy atom. The minimum Gasteiger partial charge on any atom is -0.459 e. The highest BCUT2D eigenvalue weighted by Gasteiger charge is 2.23. The quantitative estimate of drug-likeness (QED) is 0.479. The molecule has 0 unspecified atom stereocenters. The van der Waals surface area contributed by atoms with Crippen LogP contribution in [0.25, 0.3) is 11.0 Å². The molecule has 31 heavy (non-hydrogen) atoms. The van der Waals surface area contributed by atoms with E-state index >= 15 is 0 Å². The van der Waals surface area contributed by atoms with Gasteiger partial charge < -0.3 is 14.3 Å². The first-order valence-corrected chi connectivity index (χ1v) is 9.99. The van der Waals surface area contributed by atoms with E-state index in [-0.39, 0.29) is 23.1 Å². The van der Waals surface area contributed by atoms with Crippen molar-refractivity contribution < 1.29 is 14.0 Å². The van der Waals surface area contributed by atoms with Crippen LogP contribution in [0.3, 0.4) is 0 Å². The van der Waals surface area contributed by atoms with Crippen LogP contribution in [0.1, 0.15) is 47.2 Å². The van der Waals surface area contributed by atoms with E-state index < -0.39 is 0 Å². The van der Waals surface area contributed by atoms with Crippen LogP contribution in [0, 0.1) is 6.92 Å². The summed E-state index contributed by atoms with van der Waals surface area (Å²) in [5.74, 6) is -0.0110. The number of rotatable bonds is 4. The zero-order chi connectivity index (χ0) is 22.2. The number of carbonyl (C=O) groups excluding carboxylic acids is 2. The maximum Gasteiger partial charge on any atom is 0.291 e. The van der Waals surface area contributed by atoms with E-state index in [1.807, 2.05) is 35.8 Å². The first-order chi connectivity index (χ1) is 14.7. The van der Waals surface area contributed by atoms with Crippen LogP contribution in [-0.4, -0.2) is 21.4 Å². The van der Waals surface area contributed by atoms with Gasteiger partial charge in [0.05, 0.1) is 17.3 Å². The zero-order valence-corrected chi connectivity index (χ0v) is 17.9. The van der Waals surface area contributed by atoms with Gasteiger partial charge in [0.1, 0.15) is 0 Å². The largest absolute Gasteiger partial charge is 0.459 e. The molecule has 158 valence electrons. The summed E-state index contributed by atoms with van der Waals surface area (Å²) in [6.07, 6.45) is 1.44. The number of imidazole rings is 1. The Labute approximate surface area is 180 Å². The highest BCUT2D eigenvalue weighted by atomic mass is 16.3. The number of benzene rings is 2. The van der Waals surface area contributed by atoms with Gasteiger partial charge in [0.2, 0.25) is 5.95 Å². The Kier molecular flexibility index (Phi) is 5.10. The SMILES string of the molecule is Cc1ccc(C(=O)Nc2nc3ccccc3n2C(C)(C)C)cc1NC(=O)c1ccco1. The number of anilines is 2. The highest BCUT2D eigenvalue weighted by Crippen LogP contribution is 2.28. The zero-order valence-electron chi connectivity index (χ0n) is 17.9. The maximum atomic E-state index is 13.1. The van der Waals surface area contributed by atoms with Crippen molar-refractivity contribution in [3.63, 3.8) is 0 Å². The van der Waals surface area contributed by atoms with Crippen LogP contribution in [0.4, 0.5) is 11.6 Å². The second-order valence-electron chi connectivity index (χ2n) is 8.35. The average Bonchev–Trinajstić information content (AvgIpc) is 3.36. The molecule has 4 aromatic rings. The van der Waals surface area contributed by atoms with Gasteiger partial charge in [-0.05, 0) is 69.7 Å². The van der Waals surface area contributed by atoms with Crippen LogP contribution in [0.5, 0.6) is 0 Å². The van der Waals surface area contributed by atoms with E-state index in [1.165, 1.54) is 6.26 Å². The van der Waals surface area contributed by atoms with Crippen LogP contribution in [-0.2, 0) is 5.54 Å². The molecule has 0 saturated carbocycles. The number of furan rings is 1. The molecule has 2 amide bonds. The Balaban J connectivity index is 1.63. The Bertz CT molecular complexity index is 1260. The van der Waals surface area contributed by atoms with Gasteiger partial charge in [-0.15, -0.1) is 0 Å². The number of hydrogen-bond donors (Lipinski definition) is 2. The number of nitrogens with zero attached hydrogens (tertiary/aromatic N) is 2. The Hall–Kier alpha value is -3.87. The number of nitrogens with one attached hydrogen (secondary N) is 2. The van der Waals surface area contributed by atoms with E-state index in [0.717, 1.165) is 16.6 Å². The van der Waals surface area contributed by atoms with Gasteiger partial charge in [0.15, 0.2) is 5.76 Å². The van der Waals surface area contributed by atoms with Crippen molar-refractivity contribution >= 4 is 34.5 Å². The third kappa shape index (κ3) is 4.07. The second-order valence-corrected chi connectivity index (χ2v) is 8.35. The standard InChI is InChI=1S/C24H24N4O3/c1-15-11-12-16(14-18(15)25-22(30)20-10-7-13-31-20)21(29)27-23-26-17-8-5-6-9-19(17)28(23)24(2,3)4/h5-14H,1-4H3,(H,25,30)(H,26,27,29). The fourth-order valence-electron chi connectivity index (χ4n) is 3.45. The van der Waals surface area contributed by atoms with Crippen molar-refractivity contribution in [2.75, 3.05) is 10.6 Å². The molecule has 7 nitrogen and oxygen atoms in total. The number of aromatic nitrogens is 2. The molecule has 0 bridgehead atoms. The van der Waals surface area contributed by atoms with Crippen molar-refractivity contribution in [1.82, 2.24) is 9.55 Å². The number of para-hydroxylation sites is 2. The summed E-state index contributed by atoms with van der Waals surface area (Å²) in [5, 5.41) is 5.73. The number of carbonyl (C=O) groups is 2. The van der Waals surface area contributed by atoms with Gasteiger partial charge in [-0.3, -0.25) is 14.9 Å². The van der Waals surface area contributed by atoms with Crippen LogP contribution in [0.2, 0.25) is 0 Å². The molecule has 0 spiro atoms. The molecule has 0 atom stereocenters. The third-order valence-electron chi connectivity index (χ3n) is 4.95. The summed E-state index contributed by atoms with van der Waals surface area (Å²) in [6.45, 7) is 8.04. The van der Waals surface area contributed by atoms with Gasteiger partial charge in [-0.25, -0.2) is 4.98 Å². The van der Waals surface area contributed by atoms with Gasteiger partial charge in [0.25, 0.3) is 11.8 Å². The van der Waals surface area contributed by atoms with Crippen LogP contribution < -0.4 is 10.6 Å². The highest BCUT2D eigenvalue weighted by molar-refractivity contribution is 6.07. The first-order valence-electron chi connectivity index (χ1n) is 9.99. The molecule has 0 aliphatic carbocycles. The van der Waals surface area contributed by atoms with E-state index in [2.05, 4.69) is 36.4 Å². The summed E-state index contributed by atoms with van der Waals surface area (Å²) >= 11 is 0. The predicted octanol–water partition coefficient (Wildman–Crippen LogP) is 5.20. The van der Waals surface area contributed by atoms with Crippen molar-refractivity contribution in [2.24, 2.45) is 0 Å². The van der Waals surface area contributed by atoms with E-state index in [0.29, 0.717) is 17.2 Å². The second kappa shape index (κ2) is 7.75. The van der Waals surface area contributed by atoms with E-state index in [4.69, 9.17) is 4.42 Å². The lowest BCUT2D eigenvalue weighted by molar-refractivity contribution is 0.0993. The summed E-state index contributed by atoms with van der Waals surface area (Å²) in [5.41, 5.74) is 3.25. The smallest absolute Gasteiger partial charge is 0.291 e. The number of hydrogen-bond acceptors (Lipinski definition) is 4. The molecule has 2 aromatic heterocycles.